The van der Waals surface area contributed by atoms with Gasteiger partial charge in [-0.25, -0.2) is 0 Å². The molecule has 0 heterocycles. The Morgan fingerprint density at radius 1 is 1.30 bits per heavy atom. The van der Waals surface area contributed by atoms with Crippen LogP contribution in [0.1, 0.15) is 43.4 Å². The highest BCUT2D eigenvalue weighted by Gasteiger charge is 2.32. The van der Waals surface area contributed by atoms with Crippen LogP contribution in [-0.4, -0.2) is 38.0 Å². The van der Waals surface area contributed by atoms with E-state index in [0.29, 0.717) is 19.0 Å². The fraction of sp³-hybridized carbons (Fsp3) is 0.632. The van der Waals surface area contributed by atoms with Gasteiger partial charge in [-0.05, 0) is 56.9 Å². The van der Waals surface area contributed by atoms with Crippen molar-refractivity contribution >= 4 is 5.91 Å². The van der Waals surface area contributed by atoms with Gasteiger partial charge in [-0.15, -0.1) is 0 Å². The van der Waals surface area contributed by atoms with Crippen LogP contribution in [0.3, 0.4) is 0 Å². The van der Waals surface area contributed by atoms with Crippen LogP contribution in [0.5, 0.6) is 0 Å². The molecule has 0 aromatic heterocycles. The number of nitrogens with one attached hydrogen (secondary N) is 1. The van der Waals surface area contributed by atoms with Crippen LogP contribution in [0.25, 0.3) is 0 Å². The predicted octanol–water partition coefficient (Wildman–Crippen LogP) is 2.34. The molecule has 1 fully saturated rings. The molecule has 1 aromatic carbocycles. The molecule has 128 valence electrons. The summed E-state index contributed by atoms with van der Waals surface area (Å²) in [6, 6.07) is 8.90. The van der Waals surface area contributed by atoms with Crippen molar-refractivity contribution < 1.29 is 4.79 Å². The maximum Gasteiger partial charge on any atom is 0.223 e. The van der Waals surface area contributed by atoms with E-state index in [9.17, 15) is 4.79 Å². The molecular weight excluding hydrogens is 286 g/mol. The number of likely N-dealkylation sites (N-methyl/N-ethyl adjacent to an activating group) is 1. The first-order chi connectivity index (χ1) is 11.1. The average molecular weight is 317 g/mol. The number of carbonyl (C=O) groups is 1. The number of benzene rings is 1. The fourth-order valence-corrected chi connectivity index (χ4v) is 3.57. The van der Waals surface area contributed by atoms with Crippen molar-refractivity contribution in [2.75, 3.05) is 27.2 Å². The summed E-state index contributed by atoms with van der Waals surface area (Å²) < 4.78 is 0. The smallest absolute Gasteiger partial charge is 0.223 e. The summed E-state index contributed by atoms with van der Waals surface area (Å²) in [6.45, 7) is 3.42. The predicted molar refractivity (Wildman–Crippen MR) is 95.1 cm³/mol. The van der Waals surface area contributed by atoms with Gasteiger partial charge in [-0.3, -0.25) is 4.79 Å². The summed E-state index contributed by atoms with van der Waals surface area (Å²) in [4.78, 5) is 14.7. The molecule has 0 saturated heterocycles. The van der Waals surface area contributed by atoms with Gasteiger partial charge in [0, 0.05) is 12.5 Å². The monoisotopic (exact) mass is 317 g/mol. The molecule has 4 nitrogen and oxygen atoms in total. The van der Waals surface area contributed by atoms with E-state index in [-0.39, 0.29) is 17.9 Å². The highest BCUT2D eigenvalue weighted by Crippen LogP contribution is 2.31. The Balaban J connectivity index is 1.98. The lowest BCUT2D eigenvalue weighted by atomic mass is 9.95. The third kappa shape index (κ3) is 4.55. The quantitative estimate of drug-likeness (QED) is 0.811. The zero-order valence-electron chi connectivity index (χ0n) is 14.7. The van der Waals surface area contributed by atoms with Gasteiger partial charge in [0.1, 0.15) is 0 Å². The van der Waals surface area contributed by atoms with Crippen LogP contribution in [0.4, 0.5) is 0 Å². The topological polar surface area (TPSA) is 58.4 Å². The summed E-state index contributed by atoms with van der Waals surface area (Å²) in [5.41, 5.74) is 8.38. The maximum absolute atomic E-state index is 12.5. The average Bonchev–Trinajstić information content (AvgIpc) is 3.04. The van der Waals surface area contributed by atoms with E-state index in [0.717, 1.165) is 25.7 Å². The van der Waals surface area contributed by atoms with E-state index in [1.807, 2.05) is 0 Å². The number of rotatable bonds is 7. The molecule has 1 aliphatic carbocycles. The van der Waals surface area contributed by atoms with Crippen LogP contribution in [0, 0.1) is 11.8 Å². The van der Waals surface area contributed by atoms with Gasteiger partial charge in [-0.2, -0.15) is 0 Å². The van der Waals surface area contributed by atoms with Crippen LogP contribution in [0.15, 0.2) is 24.3 Å². The molecule has 23 heavy (non-hydrogen) atoms. The second-order valence-corrected chi connectivity index (χ2v) is 6.85. The first-order valence-corrected chi connectivity index (χ1v) is 8.79. The van der Waals surface area contributed by atoms with Crippen molar-refractivity contribution in [1.82, 2.24) is 10.2 Å². The molecule has 1 aliphatic rings. The third-order valence-electron chi connectivity index (χ3n) is 5.16. The first-order valence-electron chi connectivity index (χ1n) is 8.79. The number of hydrogen-bond acceptors (Lipinski definition) is 3. The van der Waals surface area contributed by atoms with Gasteiger partial charge in [0.2, 0.25) is 5.91 Å². The maximum atomic E-state index is 12.5. The van der Waals surface area contributed by atoms with Crippen molar-refractivity contribution in [3.05, 3.63) is 35.4 Å². The molecule has 0 spiro atoms. The Bertz CT molecular complexity index is 498. The second-order valence-electron chi connectivity index (χ2n) is 6.85. The molecule has 1 amide bonds. The van der Waals surface area contributed by atoms with Crippen LogP contribution in [0.2, 0.25) is 0 Å². The number of hydrogen-bond donors (Lipinski definition) is 2. The van der Waals surface area contributed by atoms with E-state index >= 15 is 0 Å². The molecular formula is C19H31N3O. The van der Waals surface area contributed by atoms with Gasteiger partial charge in [0.15, 0.2) is 0 Å². The number of nitrogens with two attached hydrogens (primary N) is 1. The number of carbonyl (C=O) groups excluding carboxylic acids is 1. The molecule has 3 atom stereocenters. The Morgan fingerprint density at radius 3 is 2.57 bits per heavy atom. The van der Waals surface area contributed by atoms with E-state index in [1.165, 1.54) is 11.1 Å². The summed E-state index contributed by atoms with van der Waals surface area (Å²) in [7, 11) is 4.12. The van der Waals surface area contributed by atoms with Crippen molar-refractivity contribution in [2.45, 2.75) is 38.6 Å². The minimum Gasteiger partial charge on any atom is -0.354 e. The lowest BCUT2D eigenvalue weighted by molar-refractivity contribution is -0.126. The molecule has 2 rings (SSSR count). The third-order valence-corrected chi connectivity index (χ3v) is 5.16. The molecule has 1 unspecified atom stereocenters. The molecule has 1 aromatic rings. The molecule has 1 saturated carbocycles. The fourth-order valence-electron chi connectivity index (χ4n) is 3.57. The van der Waals surface area contributed by atoms with Gasteiger partial charge < -0.3 is 16.0 Å². The van der Waals surface area contributed by atoms with Gasteiger partial charge >= 0.3 is 0 Å². The van der Waals surface area contributed by atoms with Crippen molar-refractivity contribution in [1.29, 1.82) is 0 Å². The van der Waals surface area contributed by atoms with Gasteiger partial charge in [0.25, 0.3) is 0 Å². The Labute approximate surface area is 140 Å². The van der Waals surface area contributed by atoms with Crippen LogP contribution in [-0.2, 0) is 11.2 Å². The van der Waals surface area contributed by atoms with Crippen LogP contribution >= 0.6 is 0 Å². The first kappa shape index (κ1) is 18.0. The molecule has 0 bridgehead atoms. The normalized spacial score (nSPS) is 22.3. The molecule has 3 N–H and O–H groups in total. The second kappa shape index (κ2) is 8.46. The van der Waals surface area contributed by atoms with Gasteiger partial charge in [-0.1, -0.05) is 37.6 Å². The van der Waals surface area contributed by atoms with Crippen molar-refractivity contribution in [2.24, 2.45) is 17.6 Å². The summed E-state index contributed by atoms with van der Waals surface area (Å²) in [5.74, 6) is 0.636. The molecule has 4 heteroatoms. The lowest BCUT2D eigenvalue weighted by Gasteiger charge is -2.26. The zero-order chi connectivity index (χ0) is 16.8. The van der Waals surface area contributed by atoms with E-state index in [1.54, 1.807) is 0 Å². The van der Waals surface area contributed by atoms with Crippen LogP contribution < -0.4 is 11.1 Å². The van der Waals surface area contributed by atoms with Crippen molar-refractivity contribution in [3.63, 3.8) is 0 Å². The largest absolute Gasteiger partial charge is 0.354 e. The highest BCUT2D eigenvalue weighted by atomic mass is 16.1. The number of aryl methyl sites for hydroxylation is 1. The minimum atomic E-state index is 0.102. The Morgan fingerprint density at radius 2 is 2.00 bits per heavy atom. The molecule has 0 aliphatic heterocycles. The number of amides is 1. The lowest BCUT2D eigenvalue weighted by Crippen LogP contribution is -2.39. The Hall–Kier alpha value is -1.39. The minimum absolute atomic E-state index is 0.102. The zero-order valence-corrected chi connectivity index (χ0v) is 14.7. The highest BCUT2D eigenvalue weighted by molar-refractivity contribution is 5.79. The summed E-state index contributed by atoms with van der Waals surface area (Å²) in [5, 5.41) is 3.16. The SMILES string of the molecule is CCc1ccc(C(CNC(=O)[C@@H]2CCC[C@@H]2CN)N(C)C)cc1. The van der Waals surface area contributed by atoms with Crippen molar-refractivity contribution in [3.8, 4) is 0 Å². The number of nitrogens with zero attached hydrogens (tertiary/aromatic N) is 1. The standard InChI is InChI=1S/C19H31N3O/c1-4-14-8-10-15(11-9-14)18(22(2)3)13-21-19(23)17-7-5-6-16(17)12-20/h8-11,16-18H,4-7,12-13,20H2,1-3H3,(H,21,23)/t16-,17-,18?/m1/s1. The summed E-state index contributed by atoms with van der Waals surface area (Å²) in [6.07, 6.45) is 4.23. The van der Waals surface area contributed by atoms with Gasteiger partial charge in [0.05, 0.1) is 6.04 Å². The Kier molecular flexibility index (Phi) is 6.60. The van der Waals surface area contributed by atoms with E-state index < -0.39 is 0 Å². The molecule has 0 radical (unpaired) electrons. The summed E-state index contributed by atoms with van der Waals surface area (Å²) >= 11 is 0. The van der Waals surface area contributed by atoms with E-state index in [2.05, 4.69) is 55.5 Å². The van der Waals surface area contributed by atoms with E-state index in [4.69, 9.17) is 5.73 Å².